The zero-order valence-electron chi connectivity index (χ0n) is 23.9. The summed E-state index contributed by atoms with van der Waals surface area (Å²) in [5.41, 5.74) is -0.518. The van der Waals surface area contributed by atoms with Gasteiger partial charge in [-0.2, -0.15) is 0 Å². The summed E-state index contributed by atoms with van der Waals surface area (Å²) in [5, 5.41) is 1.02. The van der Waals surface area contributed by atoms with Gasteiger partial charge in [-0.15, -0.1) is 0 Å². The molecule has 2 aromatic heterocycles. The number of aromatic nitrogens is 3. The van der Waals surface area contributed by atoms with Crippen LogP contribution in [0.25, 0.3) is 27.5 Å². The summed E-state index contributed by atoms with van der Waals surface area (Å²) in [5.74, 6) is -0.606. The highest BCUT2D eigenvalue weighted by molar-refractivity contribution is 6.05. The Morgan fingerprint density at radius 1 is 0.878 bits per heavy atom. The molecule has 0 fully saturated rings. The van der Waals surface area contributed by atoms with E-state index in [1.54, 1.807) is 84.1 Å². The Hall–Kier alpha value is -4.73. The highest BCUT2D eigenvalue weighted by atomic mass is 16.6. The Morgan fingerprint density at radius 3 is 2.12 bits per heavy atom. The Kier molecular flexibility index (Phi) is 6.60. The molecule has 212 valence electrons. The number of para-hydroxylation sites is 2. The van der Waals surface area contributed by atoms with Crippen molar-refractivity contribution < 1.29 is 23.9 Å². The first-order valence-corrected chi connectivity index (χ1v) is 13.3. The predicted octanol–water partition coefficient (Wildman–Crippen LogP) is 5.67. The van der Waals surface area contributed by atoms with Crippen molar-refractivity contribution >= 4 is 45.6 Å². The third kappa shape index (κ3) is 5.13. The number of rotatable bonds is 2. The lowest BCUT2D eigenvalue weighted by molar-refractivity contribution is -0.131. The summed E-state index contributed by atoms with van der Waals surface area (Å²) >= 11 is 0. The Bertz CT molecular complexity index is 1800. The topological polar surface area (TPSA) is 113 Å². The van der Waals surface area contributed by atoms with Gasteiger partial charge in [-0.1, -0.05) is 36.9 Å². The molecule has 1 atom stereocenters. The first-order chi connectivity index (χ1) is 19.2. The molecule has 41 heavy (non-hydrogen) atoms. The molecule has 0 aliphatic carbocycles. The van der Waals surface area contributed by atoms with Crippen LogP contribution in [-0.4, -0.2) is 48.3 Å². The highest BCUT2D eigenvalue weighted by Crippen LogP contribution is 2.34. The van der Waals surface area contributed by atoms with Gasteiger partial charge in [0, 0.05) is 18.0 Å². The number of hydrogen-bond acceptors (Lipinski definition) is 7. The smallest absolute Gasteiger partial charge is 0.421 e. The number of carbonyl (C=O) groups excluding carboxylic acids is 3. The fourth-order valence-corrected chi connectivity index (χ4v) is 4.90. The summed E-state index contributed by atoms with van der Waals surface area (Å²) < 4.78 is 13.8. The van der Waals surface area contributed by atoms with Crippen molar-refractivity contribution in [1.82, 2.24) is 19.0 Å². The minimum Gasteiger partial charge on any atom is -0.443 e. The van der Waals surface area contributed by atoms with Crippen LogP contribution in [0, 0.1) is 0 Å². The van der Waals surface area contributed by atoms with Gasteiger partial charge in [-0.05, 0) is 65.3 Å². The van der Waals surface area contributed by atoms with E-state index in [1.165, 1.54) is 9.13 Å². The van der Waals surface area contributed by atoms with Crippen LogP contribution in [0.2, 0.25) is 0 Å². The van der Waals surface area contributed by atoms with E-state index in [9.17, 15) is 19.2 Å². The number of ether oxygens (including phenoxy) is 2. The van der Waals surface area contributed by atoms with Crippen LogP contribution in [0.5, 0.6) is 0 Å². The van der Waals surface area contributed by atoms with Crippen molar-refractivity contribution in [3.8, 4) is 0 Å². The van der Waals surface area contributed by atoms with Gasteiger partial charge in [-0.3, -0.25) is 18.7 Å². The maximum Gasteiger partial charge on any atom is 0.421 e. The first kappa shape index (κ1) is 27.8. The van der Waals surface area contributed by atoms with Gasteiger partial charge in [0.1, 0.15) is 17.2 Å². The second-order valence-electron chi connectivity index (χ2n) is 12.0. The summed E-state index contributed by atoms with van der Waals surface area (Å²) in [7, 11) is 0. The number of benzene rings is 2. The molecule has 1 aliphatic heterocycles. The van der Waals surface area contributed by atoms with Gasteiger partial charge >= 0.3 is 12.2 Å². The van der Waals surface area contributed by atoms with Crippen LogP contribution < -0.4 is 5.56 Å². The van der Waals surface area contributed by atoms with E-state index in [0.29, 0.717) is 27.4 Å². The Labute approximate surface area is 236 Å². The maximum absolute atomic E-state index is 14.1. The van der Waals surface area contributed by atoms with Crippen molar-refractivity contribution in [3.63, 3.8) is 0 Å². The largest absolute Gasteiger partial charge is 0.443 e. The van der Waals surface area contributed by atoms with Crippen molar-refractivity contribution in [2.75, 3.05) is 0 Å². The fraction of sp³-hybridized carbons (Fsp3) is 0.323. The highest BCUT2D eigenvalue weighted by Gasteiger charge is 2.43. The molecule has 0 N–H and O–H groups in total. The molecule has 0 saturated heterocycles. The van der Waals surface area contributed by atoms with Crippen LogP contribution >= 0.6 is 0 Å². The number of imide groups is 1. The van der Waals surface area contributed by atoms with Crippen LogP contribution in [0.3, 0.4) is 0 Å². The lowest BCUT2D eigenvalue weighted by Crippen LogP contribution is -2.50. The maximum atomic E-state index is 14.1. The van der Waals surface area contributed by atoms with Crippen LogP contribution in [0.15, 0.2) is 66.1 Å². The molecule has 4 aromatic rings. The minimum atomic E-state index is -1.18. The third-order valence-electron chi connectivity index (χ3n) is 6.53. The lowest BCUT2D eigenvalue weighted by atomic mass is 10.0. The fourth-order valence-electron chi connectivity index (χ4n) is 4.90. The lowest BCUT2D eigenvalue weighted by Gasteiger charge is -2.35. The van der Waals surface area contributed by atoms with Gasteiger partial charge in [0.2, 0.25) is 0 Å². The Balaban J connectivity index is 1.68. The molecule has 2 amide bonds. The number of hydrogen-bond donors (Lipinski definition) is 0. The second-order valence-corrected chi connectivity index (χ2v) is 12.0. The molecule has 10 nitrogen and oxygen atoms in total. The molecule has 0 bridgehead atoms. The molecule has 10 heteroatoms. The van der Waals surface area contributed by atoms with E-state index in [1.807, 2.05) is 12.1 Å². The summed E-state index contributed by atoms with van der Waals surface area (Å²) in [6.45, 7) is 14.3. The first-order valence-electron chi connectivity index (χ1n) is 13.3. The molecule has 1 aliphatic rings. The average molecular weight is 557 g/mol. The van der Waals surface area contributed by atoms with E-state index in [2.05, 4.69) is 11.6 Å². The average Bonchev–Trinajstić information content (AvgIpc) is 3.23. The van der Waals surface area contributed by atoms with E-state index in [0.717, 1.165) is 4.90 Å². The second kappa shape index (κ2) is 9.72. The normalized spacial score (nSPS) is 15.8. The van der Waals surface area contributed by atoms with Crippen molar-refractivity contribution in [1.29, 1.82) is 0 Å². The standard InChI is InChI=1S/C31H32N4O6/c1-18-25-32-22-14-10-8-13-21(22)26(36)35(25)24(27(37)34(18)29(39)41-31(5,6)7)16-19-17-33(28(38)40-30(2,3)4)23-15-11-9-12-20(19)23/h8-15,17,24H,1,16H2,2-7H3/t24-/m1/s1. The zero-order chi connectivity index (χ0) is 29.9. The molecular formula is C31H32N4O6. The van der Waals surface area contributed by atoms with Crippen molar-refractivity contribution in [2.24, 2.45) is 0 Å². The number of nitrogens with zero attached hydrogens (tertiary/aromatic N) is 4. The summed E-state index contributed by atoms with van der Waals surface area (Å²) in [6.07, 6.45) is 0.0902. The molecule has 0 unspecified atom stereocenters. The summed E-state index contributed by atoms with van der Waals surface area (Å²) in [6, 6.07) is 12.8. The molecular weight excluding hydrogens is 524 g/mol. The van der Waals surface area contributed by atoms with Gasteiger partial charge in [0.25, 0.3) is 11.5 Å². The van der Waals surface area contributed by atoms with Gasteiger partial charge in [0.15, 0.2) is 5.82 Å². The molecule has 3 heterocycles. The number of carbonyl (C=O) groups is 3. The SMILES string of the molecule is C=C1c2nc3ccccc3c(=O)n2[C@H](Cc2cn(C(=O)OC(C)(C)C)c3ccccc23)C(=O)N1C(=O)OC(C)(C)C. The monoisotopic (exact) mass is 556 g/mol. The quantitative estimate of drug-likeness (QED) is 0.313. The Morgan fingerprint density at radius 2 is 1.46 bits per heavy atom. The predicted molar refractivity (Wildman–Crippen MR) is 154 cm³/mol. The van der Waals surface area contributed by atoms with Crippen molar-refractivity contribution in [3.05, 3.63) is 83.0 Å². The van der Waals surface area contributed by atoms with E-state index in [-0.39, 0.29) is 17.9 Å². The van der Waals surface area contributed by atoms with Gasteiger partial charge in [0.05, 0.1) is 22.1 Å². The molecule has 2 aromatic carbocycles. The molecule has 0 radical (unpaired) electrons. The third-order valence-corrected chi connectivity index (χ3v) is 6.53. The number of fused-ring (bicyclic) bond motifs is 3. The molecule has 0 spiro atoms. The van der Waals surface area contributed by atoms with E-state index < -0.39 is 40.9 Å². The van der Waals surface area contributed by atoms with Crippen LogP contribution in [0.4, 0.5) is 9.59 Å². The minimum absolute atomic E-state index is 0.0192. The zero-order valence-corrected chi connectivity index (χ0v) is 23.9. The van der Waals surface area contributed by atoms with Crippen LogP contribution in [-0.2, 0) is 20.7 Å². The molecule has 5 rings (SSSR count). The molecule has 0 saturated carbocycles. The van der Waals surface area contributed by atoms with E-state index in [4.69, 9.17) is 9.47 Å². The van der Waals surface area contributed by atoms with Gasteiger partial charge < -0.3 is 9.47 Å². The van der Waals surface area contributed by atoms with Crippen molar-refractivity contribution in [2.45, 2.75) is 65.2 Å². The van der Waals surface area contributed by atoms with E-state index >= 15 is 0 Å². The summed E-state index contributed by atoms with van der Waals surface area (Å²) in [4.78, 5) is 59.7. The van der Waals surface area contributed by atoms with Gasteiger partial charge in [-0.25, -0.2) is 19.5 Å². The van der Waals surface area contributed by atoms with Crippen LogP contribution in [0.1, 0.15) is 59.0 Å². The number of amides is 2.